The first-order valence-electron chi connectivity index (χ1n) is 8.46. The Morgan fingerprint density at radius 1 is 1.07 bits per heavy atom. The first kappa shape index (κ1) is 20.8. The van der Waals surface area contributed by atoms with E-state index in [0.717, 1.165) is 11.6 Å². The number of carbonyl (C=O) groups is 1. The largest absolute Gasteiger partial charge is 0.493 e. The predicted molar refractivity (Wildman–Crippen MR) is 102 cm³/mol. The Labute approximate surface area is 162 Å². The van der Waals surface area contributed by atoms with Gasteiger partial charge in [0.05, 0.1) is 25.7 Å². The van der Waals surface area contributed by atoms with Crippen molar-refractivity contribution < 1.29 is 28.7 Å². The van der Waals surface area contributed by atoms with Crippen LogP contribution in [0, 0.1) is 10.1 Å². The summed E-state index contributed by atoms with van der Waals surface area (Å²) in [5, 5.41) is 11.3. The van der Waals surface area contributed by atoms with Gasteiger partial charge in [-0.2, -0.15) is 0 Å². The Hall–Kier alpha value is -3.55. The van der Waals surface area contributed by atoms with Gasteiger partial charge in [-0.25, -0.2) is 4.79 Å². The molecule has 0 aliphatic carbocycles. The molecule has 0 aliphatic heterocycles. The Morgan fingerprint density at radius 3 is 2.29 bits per heavy atom. The molecule has 0 saturated heterocycles. The second-order valence-corrected chi connectivity index (χ2v) is 5.53. The number of methoxy groups -OCH3 is 2. The smallest absolute Gasteiger partial charge is 0.409 e. The van der Waals surface area contributed by atoms with Gasteiger partial charge in [0.2, 0.25) is 0 Å². The molecular weight excluding hydrogens is 366 g/mol. The number of nitrogens with zero attached hydrogens (tertiary/aromatic N) is 1. The standard InChI is InChI=1S/C20H21NO7/c1-4-27-20(22)16(21(23)24)10-15-11-18(25-2)19(26-3)12-17(15)28-13-14-8-6-5-7-9-14/h5-12H,4,13H2,1-3H3/b16-10-. The normalized spacial score (nSPS) is 10.9. The molecule has 0 heterocycles. The van der Waals surface area contributed by atoms with Crippen molar-refractivity contribution in [3.8, 4) is 17.2 Å². The van der Waals surface area contributed by atoms with Gasteiger partial charge in [0.25, 0.3) is 0 Å². The summed E-state index contributed by atoms with van der Waals surface area (Å²) in [6, 6.07) is 12.5. The molecule has 0 aliphatic rings. The monoisotopic (exact) mass is 387 g/mol. The number of carbonyl (C=O) groups excluding carboxylic acids is 1. The predicted octanol–water partition coefficient (Wildman–Crippen LogP) is 3.46. The van der Waals surface area contributed by atoms with Gasteiger partial charge in [-0.15, -0.1) is 0 Å². The summed E-state index contributed by atoms with van der Waals surface area (Å²) in [6.45, 7) is 1.82. The molecule has 8 nitrogen and oxygen atoms in total. The number of hydrogen-bond donors (Lipinski definition) is 0. The maximum absolute atomic E-state index is 11.9. The molecule has 0 bridgehead atoms. The molecule has 0 N–H and O–H groups in total. The fraction of sp³-hybridized carbons (Fsp3) is 0.250. The molecule has 0 amide bonds. The van der Waals surface area contributed by atoms with Gasteiger partial charge in [0.1, 0.15) is 12.4 Å². The molecule has 148 valence electrons. The second kappa shape index (κ2) is 9.96. The molecule has 0 radical (unpaired) electrons. The lowest BCUT2D eigenvalue weighted by molar-refractivity contribution is -0.419. The SMILES string of the molecule is CCOC(=O)/C(=C/c1cc(OC)c(OC)cc1OCc1ccccc1)[N+](=O)[O-]. The molecule has 8 heteroatoms. The quantitative estimate of drug-likeness (QED) is 0.281. The highest BCUT2D eigenvalue weighted by Gasteiger charge is 2.25. The van der Waals surface area contributed by atoms with Crippen LogP contribution in [-0.2, 0) is 16.1 Å². The van der Waals surface area contributed by atoms with E-state index in [-0.39, 0.29) is 18.8 Å². The van der Waals surface area contributed by atoms with E-state index in [4.69, 9.17) is 18.9 Å². The third-order valence-electron chi connectivity index (χ3n) is 3.73. The van der Waals surface area contributed by atoms with Crippen molar-refractivity contribution in [2.45, 2.75) is 13.5 Å². The fourth-order valence-corrected chi connectivity index (χ4v) is 2.39. The summed E-state index contributed by atoms with van der Waals surface area (Å²) in [5.41, 5.74) is 0.485. The van der Waals surface area contributed by atoms with E-state index in [0.29, 0.717) is 17.2 Å². The molecule has 2 aromatic carbocycles. The summed E-state index contributed by atoms with van der Waals surface area (Å²) in [4.78, 5) is 22.5. The fourth-order valence-electron chi connectivity index (χ4n) is 2.39. The van der Waals surface area contributed by atoms with E-state index in [1.54, 1.807) is 13.0 Å². The molecule has 0 unspecified atom stereocenters. The highest BCUT2D eigenvalue weighted by Crippen LogP contribution is 2.36. The maximum atomic E-state index is 11.9. The highest BCUT2D eigenvalue weighted by atomic mass is 16.6. The van der Waals surface area contributed by atoms with Crippen molar-refractivity contribution in [1.82, 2.24) is 0 Å². The van der Waals surface area contributed by atoms with Crippen LogP contribution in [0.5, 0.6) is 17.2 Å². The molecule has 2 aromatic rings. The zero-order valence-electron chi connectivity index (χ0n) is 15.8. The molecule has 28 heavy (non-hydrogen) atoms. The van der Waals surface area contributed by atoms with E-state index < -0.39 is 16.6 Å². The van der Waals surface area contributed by atoms with Crippen LogP contribution in [0.15, 0.2) is 48.2 Å². The first-order chi connectivity index (χ1) is 13.5. The van der Waals surface area contributed by atoms with Gasteiger partial charge in [-0.3, -0.25) is 10.1 Å². The van der Waals surface area contributed by atoms with Crippen molar-refractivity contribution in [2.75, 3.05) is 20.8 Å². The molecule has 0 saturated carbocycles. The van der Waals surface area contributed by atoms with Crippen LogP contribution >= 0.6 is 0 Å². The Bertz CT molecular complexity index is 862. The van der Waals surface area contributed by atoms with Gasteiger partial charge in [0.15, 0.2) is 11.5 Å². The maximum Gasteiger partial charge on any atom is 0.409 e. The van der Waals surface area contributed by atoms with Crippen LogP contribution in [-0.4, -0.2) is 31.7 Å². The summed E-state index contributed by atoms with van der Waals surface area (Å²) in [7, 11) is 2.91. The third-order valence-corrected chi connectivity index (χ3v) is 3.73. The summed E-state index contributed by atoms with van der Waals surface area (Å²) in [5.74, 6) is -0.00434. The summed E-state index contributed by atoms with van der Waals surface area (Å²) < 4.78 is 21.1. The van der Waals surface area contributed by atoms with Gasteiger partial charge in [-0.1, -0.05) is 30.3 Å². The Balaban J connectivity index is 2.48. The van der Waals surface area contributed by atoms with E-state index in [2.05, 4.69) is 0 Å². The van der Waals surface area contributed by atoms with Crippen molar-refractivity contribution >= 4 is 12.0 Å². The van der Waals surface area contributed by atoms with E-state index in [9.17, 15) is 14.9 Å². The third kappa shape index (κ3) is 5.23. The molecule has 0 aromatic heterocycles. The van der Waals surface area contributed by atoms with Gasteiger partial charge >= 0.3 is 11.7 Å². The number of nitro groups is 1. The molecule has 0 fully saturated rings. The zero-order valence-corrected chi connectivity index (χ0v) is 15.8. The molecule has 0 spiro atoms. The number of esters is 1. The first-order valence-corrected chi connectivity index (χ1v) is 8.46. The zero-order chi connectivity index (χ0) is 20.5. The minimum Gasteiger partial charge on any atom is -0.493 e. The second-order valence-electron chi connectivity index (χ2n) is 5.53. The van der Waals surface area contributed by atoms with E-state index in [1.807, 2.05) is 30.3 Å². The van der Waals surface area contributed by atoms with Gasteiger partial charge in [0, 0.05) is 17.7 Å². The average molecular weight is 387 g/mol. The highest BCUT2D eigenvalue weighted by molar-refractivity contribution is 5.91. The van der Waals surface area contributed by atoms with Crippen LogP contribution in [0.3, 0.4) is 0 Å². The number of benzene rings is 2. The summed E-state index contributed by atoms with van der Waals surface area (Å²) >= 11 is 0. The van der Waals surface area contributed by atoms with Crippen LogP contribution in [0.1, 0.15) is 18.1 Å². The van der Waals surface area contributed by atoms with E-state index >= 15 is 0 Å². The number of ether oxygens (including phenoxy) is 4. The lowest BCUT2D eigenvalue weighted by atomic mass is 10.1. The lowest BCUT2D eigenvalue weighted by Gasteiger charge is -2.14. The van der Waals surface area contributed by atoms with Crippen LogP contribution in [0.4, 0.5) is 0 Å². The van der Waals surface area contributed by atoms with Crippen molar-refractivity contribution in [2.24, 2.45) is 0 Å². The van der Waals surface area contributed by atoms with Gasteiger partial charge in [-0.05, 0) is 18.6 Å². The Morgan fingerprint density at radius 2 is 1.71 bits per heavy atom. The van der Waals surface area contributed by atoms with Crippen molar-refractivity contribution in [3.05, 3.63) is 69.4 Å². The van der Waals surface area contributed by atoms with Crippen molar-refractivity contribution in [3.63, 3.8) is 0 Å². The summed E-state index contributed by atoms with van der Waals surface area (Å²) in [6.07, 6.45) is 1.10. The molecule has 2 rings (SSSR count). The average Bonchev–Trinajstić information content (AvgIpc) is 2.70. The lowest BCUT2D eigenvalue weighted by Crippen LogP contribution is -2.14. The number of hydrogen-bond acceptors (Lipinski definition) is 7. The van der Waals surface area contributed by atoms with E-state index in [1.165, 1.54) is 20.3 Å². The molecular formula is C20H21NO7. The minimum atomic E-state index is -1.03. The van der Waals surface area contributed by atoms with Crippen LogP contribution < -0.4 is 14.2 Å². The topological polar surface area (TPSA) is 97.1 Å². The van der Waals surface area contributed by atoms with Crippen LogP contribution in [0.2, 0.25) is 0 Å². The Kier molecular flexibility index (Phi) is 7.38. The van der Waals surface area contributed by atoms with Crippen LogP contribution in [0.25, 0.3) is 6.08 Å². The molecule has 0 atom stereocenters. The minimum absolute atomic E-state index is 0.0211. The number of rotatable bonds is 9. The van der Waals surface area contributed by atoms with Gasteiger partial charge < -0.3 is 18.9 Å². The van der Waals surface area contributed by atoms with Crippen molar-refractivity contribution in [1.29, 1.82) is 0 Å².